The summed E-state index contributed by atoms with van der Waals surface area (Å²) in [5.41, 5.74) is 2.43. The minimum atomic E-state index is 0.395. The van der Waals surface area contributed by atoms with E-state index >= 15 is 0 Å². The highest BCUT2D eigenvalue weighted by Crippen LogP contribution is 2.33. The summed E-state index contributed by atoms with van der Waals surface area (Å²) in [4.78, 5) is 21.8. The van der Waals surface area contributed by atoms with Crippen molar-refractivity contribution >= 4 is 11.6 Å². The molecule has 0 saturated carbocycles. The maximum absolute atomic E-state index is 5.53. The fourth-order valence-corrected chi connectivity index (χ4v) is 3.08. The molecule has 0 aliphatic rings. The first-order chi connectivity index (χ1) is 15.3. The number of imidazole rings is 1. The largest absolute Gasteiger partial charge is 0.496 e. The standard InChI is InChI=1S/C22H17N7O2/c1-30-18-11-16(7-8-17(18)19-12-24-14-31-19)25-21-26-20(15-5-3-2-4-6-15)27-22(28-21)29-10-9-23-13-29/h2-14H,1H3,(H,25,26,27,28). The third-order valence-corrected chi connectivity index (χ3v) is 4.55. The molecule has 31 heavy (non-hydrogen) atoms. The summed E-state index contributed by atoms with van der Waals surface area (Å²) in [5.74, 6) is 2.66. The van der Waals surface area contributed by atoms with Gasteiger partial charge in [0.2, 0.25) is 11.9 Å². The van der Waals surface area contributed by atoms with Crippen LogP contribution >= 0.6 is 0 Å². The van der Waals surface area contributed by atoms with Gasteiger partial charge in [-0.3, -0.25) is 4.57 Å². The second-order valence-corrected chi connectivity index (χ2v) is 6.52. The van der Waals surface area contributed by atoms with Crippen LogP contribution in [0.15, 0.2) is 84.3 Å². The highest BCUT2D eigenvalue weighted by Gasteiger charge is 2.13. The smallest absolute Gasteiger partial charge is 0.240 e. The van der Waals surface area contributed by atoms with Gasteiger partial charge in [-0.2, -0.15) is 15.0 Å². The maximum atomic E-state index is 5.53. The van der Waals surface area contributed by atoms with Crippen molar-refractivity contribution in [1.82, 2.24) is 29.5 Å². The van der Waals surface area contributed by atoms with Crippen LogP contribution in [-0.4, -0.2) is 36.6 Å². The molecule has 3 aromatic heterocycles. The van der Waals surface area contributed by atoms with E-state index < -0.39 is 0 Å². The molecule has 0 radical (unpaired) electrons. The highest BCUT2D eigenvalue weighted by atomic mass is 16.5. The number of nitrogens with one attached hydrogen (secondary N) is 1. The molecule has 152 valence electrons. The zero-order valence-corrected chi connectivity index (χ0v) is 16.5. The Kier molecular flexibility index (Phi) is 4.82. The van der Waals surface area contributed by atoms with Crippen LogP contribution in [0.2, 0.25) is 0 Å². The van der Waals surface area contributed by atoms with E-state index in [0.717, 1.165) is 16.8 Å². The second kappa shape index (κ2) is 8.07. The van der Waals surface area contributed by atoms with Crippen LogP contribution in [0.1, 0.15) is 0 Å². The lowest BCUT2D eigenvalue weighted by Gasteiger charge is -2.12. The molecule has 0 unspecified atom stereocenters. The van der Waals surface area contributed by atoms with Gasteiger partial charge in [-0.15, -0.1) is 0 Å². The fraction of sp³-hybridized carbons (Fsp3) is 0.0455. The Labute approximate surface area is 177 Å². The van der Waals surface area contributed by atoms with Gasteiger partial charge in [0, 0.05) is 29.7 Å². The number of rotatable bonds is 6. The van der Waals surface area contributed by atoms with Gasteiger partial charge in [0.15, 0.2) is 18.0 Å². The number of anilines is 2. The predicted molar refractivity (Wildman–Crippen MR) is 114 cm³/mol. The molecule has 9 nitrogen and oxygen atoms in total. The third kappa shape index (κ3) is 3.84. The molecule has 0 amide bonds. The molecule has 0 atom stereocenters. The van der Waals surface area contributed by atoms with Crippen LogP contribution in [0.4, 0.5) is 11.6 Å². The monoisotopic (exact) mass is 411 g/mol. The molecule has 2 aromatic carbocycles. The topological polar surface area (TPSA) is 104 Å². The number of nitrogens with zero attached hydrogens (tertiary/aromatic N) is 6. The number of hydrogen-bond donors (Lipinski definition) is 1. The van der Waals surface area contributed by atoms with Crippen LogP contribution in [0.5, 0.6) is 5.75 Å². The van der Waals surface area contributed by atoms with Crippen LogP contribution < -0.4 is 10.1 Å². The lowest BCUT2D eigenvalue weighted by Crippen LogP contribution is -2.07. The van der Waals surface area contributed by atoms with Crippen molar-refractivity contribution in [1.29, 1.82) is 0 Å². The predicted octanol–water partition coefficient (Wildman–Crippen LogP) is 4.13. The average Bonchev–Trinajstić information content (AvgIpc) is 3.54. The Morgan fingerprint density at radius 1 is 1.00 bits per heavy atom. The van der Waals surface area contributed by atoms with Gasteiger partial charge in [-0.1, -0.05) is 30.3 Å². The van der Waals surface area contributed by atoms with E-state index in [-0.39, 0.29) is 0 Å². The summed E-state index contributed by atoms with van der Waals surface area (Å²) in [7, 11) is 1.60. The minimum Gasteiger partial charge on any atom is -0.496 e. The van der Waals surface area contributed by atoms with E-state index in [4.69, 9.17) is 9.15 Å². The van der Waals surface area contributed by atoms with Gasteiger partial charge in [0.1, 0.15) is 12.1 Å². The fourth-order valence-electron chi connectivity index (χ4n) is 3.08. The third-order valence-electron chi connectivity index (χ3n) is 4.55. The van der Waals surface area contributed by atoms with E-state index in [0.29, 0.717) is 29.2 Å². The van der Waals surface area contributed by atoms with Crippen LogP contribution in [0.25, 0.3) is 28.7 Å². The van der Waals surface area contributed by atoms with Crippen molar-refractivity contribution in [2.24, 2.45) is 0 Å². The molecule has 0 fully saturated rings. The minimum absolute atomic E-state index is 0.395. The van der Waals surface area contributed by atoms with Crippen LogP contribution in [0.3, 0.4) is 0 Å². The van der Waals surface area contributed by atoms with E-state index in [2.05, 4.69) is 30.2 Å². The van der Waals surface area contributed by atoms with Crippen molar-refractivity contribution in [2.75, 3.05) is 12.4 Å². The van der Waals surface area contributed by atoms with Crippen LogP contribution in [0, 0.1) is 0 Å². The Morgan fingerprint density at radius 2 is 1.90 bits per heavy atom. The van der Waals surface area contributed by atoms with Crippen LogP contribution in [-0.2, 0) is 0 Å². The average molecular weight is 411 g/mol. The molecule has 5 rings (SSSR count). The normalized spacial score (nSPS) is 10.7. The molecule has 5 aromatic rings. The lowest BCUT2D eigenvalue weighted by atomic mass is 10.1. The molecule has 0 aliphatic carbocycles. The SMILES string of the molecule is COc1cc(Nc2nc(-c3ccccc3)nc(-n3ccnc3)n2)ccc1-c1cnco1. The summed E-state index contributed by atoms with van der Waals surface area (Å²) in [6.07, 6.45) is 8.12. The van der Waals surface area contributed by atoms with E-state index in [1.807, 2.05) is 48.5 Å². The van der Waals surface area contributed by atoms with Gasteiger partial charge < -0.3 is 14.5 Å². The second-order valence-electron chi connectivity index (χ2n) is 6.52. The Hall–Kier alpha value is -4.53. The number of benzene rings is 2. The zero-order valence-electron chi connectivity index (χ0n) is 16.5. The molecule has 1 N–H and O–H groups in total. The van der Waals surface area contributed by atoms with Gasteiger partial charge in [-0.05, 0) is 12.1 Å². The van der Waals surface area contributed by atoms with E-state index in [9.17, 15) is 0 Å². The van der Waals surface area contributed by atoms with E-state index in [1.54, 1.807) is 36.6 Å². The van der Waals surface area contributed by atoms with Gasteiger partial charge in [-0.25, -0.2) is 9.97 Å². The van der Waals surface area contributed by atoms with Crippen molar-refractivity contribution in [3.63, 3.8) is 0 Å². The number of oxazole rings is 1. The number of aromatic nitrogens is 6. The van der Waals surface area contributed by atoms with Crippen molar-refractivity contribution < 1.29 is 9.15 Å². The van der Waals surface area contributed by atoms with E-state index in [1.165, 1.54) is 6.39 Å². The van der Waals surface area contributed by atoms with Crippen molar-refractivity contribution in [2.45, 2.75) is 0 Å². The molecular weight excluding hydrogens is 394 g/mol. The first-order valence-corrected chi connectivity index (χ1v) is 9.44. The Balaban J connectivity index is 1.53. The Bertz CT molecular complexity index is 1290. The molecule has 0 saturated heterocycles. The zero-order chi connectivity index (χ0) is 21.0. The molecule has 3 heterocycles. The van der Waals surface area contributed by atoms with Crippen molar-refractivity contribution in [3.05, 3.63) is 79.8 Å². The van der Waals surface area contributed by atoms with Crippen molar-refractivity contribution in [3.8, 4) is 34.4 Å². The first-order valence-electron chi connectivity index (χ1n) is 9.44. The number of ether oxygens (including phenoxy) is 1. The summed E-state index contributed by atoms with van der Waals surface area (Å²) in [5, 5.41) is 3.24. The maximum Gasteiger partial charge on any atom is 0.240 e. The molecular formula is C22H17N7O2. The Morgan fingerprint density at radius 3 is 2.65 bits per heavy atom. The summed E-state index contributed by atoms with van der Waals surface area (Å²) in [6, 6.07) is 15.4. The van der Waals surface area contributed by atoms with Gasteiger partial charge >= 0.3 is 0 Å². The van der Waals surface area contributed by atoms with Gasteiger partial charge in [0.05, 0.1) is 18.9 Å². The quantitative estimate of drug-likeness (QED) is 0.445. The molecule has 0 aliphatic heterocycles. The van der Waals surface area contributed by atoms with Gasteiger partial charge in [0.25, 0.3) is 0 Å². The summed E-state index contributed by atoms with van der Waals surface area (Å²) >= 11 is 0. The summed E-state index contributed by atoms with van der Waals surface area (Å²) in [6.45, 7) is 0. The molecule has 0 spiro atoms. The highest BCUT2D eigenvalue weighted by molar-refractivity contribution is 5.71. The molecule has 9 heteroatoms. The number of methoxy groups -OCH3 is 1. The lowest BCUT2D eigenvalue weighted by molar-refractivity contribution is 0.415. The number of hydrogen-bond acceptors (Lipinski definition) is 8. The molecule has 0 bridgehead atoms. The summed E-state index contributed by atoms with van der Waals surface area (Å²) < 4.78 is 12.6. The first kappa shape index (κ1) is 18.5.